The van der Waals surface area contributed by atoms with Gasteiger partial charge in [0, 0.05) is 35.9 Å². The average molecular weight is 342 g/mol. The Morgan fingerprint density at radius 3 is 2.76 bits per heavy atom. The zero-order valence-corrected chi connectivity index (χ0v) is 14.6. The molecule has 1 aliphatic heterocycles. The van der Waals surface area contributed by atoms with Gasteiger partial charge in [-0.2, -0.15) is 0 Å². The van der Waals surface area contributed by atoms with E-state index in [1.165, 1.54) is 17.2 Å². The molecule has 1 aromatic heterocycles. The summed E-state index contributed by atoms with van der Waals surface area (Å²) >= 11 is 0. The van der Waals surface area contributed by atoms with E-state index < -0.39 is 23.1 Å². The van der Waals surface area contributed by atoms with E-state index in [0.717, 1.165) is 16.5 Å². The molecule has 0 fully saturated rings. The fraction of sp³-hybridized carbons (Fsp3) is 0.368. The number of hydrogen-bond acceptors (Lipinski definition) is 5. The first-order valence-electron chi connectivity index (χ1n) is 8.22. The van der Waals surface area contributed by atoms with Gasteiger partial charge in [0.1, 0.15) is 5.60 Å². The van der Waals surface area contributed by atoms with Gasteiger partial charge in [0.2, 0.25) is 5.78 Å². The number of fused-ring (bicyclic) bond motifs is 1. The Bertz CT molecular complexity index is 846. The lowest BCUT2D eigenvalue weighted by molar-refractivity contribution is -0.192. The van der Waals surface area contributed by atoms with E-state index in [4.69, 9.17) is 4.74 Å². The van der Waals surface area contributed by atoms with Crippen molar-refractivity contribution in [1.29, 1.82) is 0 Å². The van der Waals surface area contributed by atoms with Crippen LogP contribution in [0.4, 0.5) is 0 Å². The number of hydrogen-bond donors (Lipinski definition) is 2. The second-order valence-corrected chi connectivity index (χ2v) is 7.16. The second-order valence-electron chi connectivity index (χ2n) is 7.16. The summed E-state index contributed by atoms with van der Waals surface area (Å²) in [5.41, 5.74) is -1.01. The molecule has 3 rings (SSSR count). The summed E-state index contributed by atoms with van der Waals surface area (Å²) in [6, 6.07) is 7.89. The van der Waals surface area contributed by atoms with Crippen LogP contribution in [0, 0.1) is 0 Å². The topological polar surface area (TPSA) is 82.6 Å². The van der Waals surface area contributed by atoms with E-state index in [2.05, 4.69) is 4.98 Å². The van der Waals surface area contributed by atoms with Crippen molar-refractivity contribution in [2.45, 2.75) is 38.5 Å². The summed E-state index contributed by atoms with van der Waals surface area (Å²) < 4.78 is 5.23. The first-order valence-corrected chi connectivity index (χ1v) is 8.22. The summed E-state index contributed by atoms with van der Waals surface area (Å²) in [6.45, 7) is 5.38. The van der Waals surface area contributed by atoms with E-state index in [1.807, 2.05) is 30.5 Å². The first-order chi connectivity index (χ1) is 11.7. The van der Waals surface area contributed by atoms with Crippen LogP contribution in [0.15, 0.2) is 42.7 Å². The standard InChI is InChI=1S/C19H22N2O4/c1-18(2,3)25-17(23)19(24)16(22)9-11-21(19)10-8-13-12-20-15-7-5-4-6-14(13)15/h4-7,9,11-12,20,24H,8,10H2,1-3H3. The van der Waals surface area contributed by atoms with Crippen molar-refractivity contribution in [3.63, 3.8) is 0 Å². The molecule has 1 aliphatic rings. The SMILES string of the molecule is CC(C)(C)OC(=O)C1(O)C(=O)C=CN1CCc1c[nH]c2ccccc12. The molecule has 1 unspecified atom stereocenters. The van der Waals surface area contributed by atoms with Gasteiger partial charge in [0.05, 0.1) is 0 Å². The third-order valence-electron chi connectivity index (χ3n) is 4.15. The van der Waals surface area contributed by atoms with E-state index in [0.29, 0.717) is 13.0 Å². The van der Waals surface area contributed by atoms with Crippen molar-refractivity contribution >= 4 is 22.7 Å². The van der Waals surface area contributed by atoms with Crippen molar-refractivity contribution in [2.75, 3.05) is 6.54 Å². The molecule has 0 radical (unpaired) electrons. The summed E-state index contributed by atoms with van der Waals surface area (Å²) in [6.07, 6.45) is 5.12. The molecule has 1 atom stereocenters. The Labute approximate surface area is 146 Å². The second kappa shape index (κ2) is 6.04. The third kappa shape index (κ3) is 3.17. The number of nitrogens with zero attached hydrogens (tertiary/aromatic N) is 1. The smallest absolute Gasteiger partial charge is 0.369 e. The zero-order chi connectivity index (χ0) is 18.2. The molecule has 0 aliphatic carbocycles. The molecule has 132 valence electrons. The highest BCUT2D eigenvalue weighted by Crippen LogP contribution is 2.27. The van der Waals surface area contributed by atoms with Gasteiger partial charge in [-0.15, -0.1) is 0 Å². The Balaban J connectivity index is 1.78. The number of aliphatic hydroxyl groups is 1. The van der Waals surface area contributed by atoms with Gasteiger partial charge in [-0.3, -0.25) is 4.79 Å². The Morgan fingerprint density at radius 1 is 1.32 bits per heavy atom. The number of carbonyl (C=O) groups excluding carboxylic acids is 2. The van der Waals surface area contributed by atoms with Gasteiger partial charge in [0.25, 0.3) is 0 Å². The van der Waals surface area contributed by atoms with Gasteiger partial charge >= 0.3 is 11.7 Å². The molecule has 0 bridgehead atoms. The summed E-state index contributed by atoms with van der Waals surface area (Å²) in [5, 5.41) is 11.8. The normalized spacial score (nSPS) is 20.5. The number of aromatic amines is 1. The van der Waals surface area contributed by atoms with Crippen LogP contribution in [0.25, 0.3) is 10.9 Å². The Morgan fingerprint density at radius 2 is 2.04 bits per heavy atom. The lowest BCUT2D eigenvalue weighted by Crippen LogP contribution is -2.57. The van der Waals surface area contributed by atoms with Gasteiger partial charge in [-0.1, -0.05) is 18.2 Å². The van der Waals surface area contributed by atoms with Crippen LogP contribution in [0.2, 0.25) is 0 Å². The van der Waals surface area contributed by atoms with Crippen LogP contribution >= 0.6 is 0 Å². The number of carbonyl (C=O) groups is 2. The summed E-state index contributed by atoms with van der Waals surface area (Å²) in [5.74, 6) is -1.63. The molecule has 2 heterocycles. The van der Waals surface area contributed by atoms with Crippen molar-refractivity contribution in [3.05, 3.63) is 48.3 Å². The van der Waals surface area contributed by atoms with E-state index in [-0.39, 0.29) is 0 Å². The lowest BCUT2D eigenvalue weighted by atomic mass is 10.1. The molecule has 0 spiro atoms. The molecule has 0 amide bonds. The van der Waals surface area contributed by atoms with Crippen LogP contribution in [0.3, 0.4) is 0 Å². The predicted molar refractivity (Wildman–Crippen MR) is 93.7 cm³/mol. The number of para-hydroxylation sites is 1. The molecule has 0 saturated heterocycles. The maximum atomic E-state index is 12.4. The summed E-state index contributed by atoms with van der Waals surface area (Å²) in [4.78, 5) is 29.0. The lowest BCUT2D eigenvalue weighted by Gasteiger charge is -2.33. The highest BCUT2D eigenvalue weighted by molar-refractivity contribution is 6.13. The Hall–Kier alpha value is -2.60. The number of rotatable bonds is 4. The minimum Gasteiger partial charge on any atom is -0.456 e. The van der Waals surface area contributed by atoms with Crippen molar-refractivity contribution in [3.8, 4) is 0 Å². The molecule has 2 N–H and O–H groups in total. The molecule has 6 nitrogen and oxygen atoms in total. The van der Waals surface area contributed by atoms with Crippen LogP contribution in [-0.2, 0) is 20.7 Å². The van der Waals surface area contributed by atoms with Crippen LogP contribution in [-0.4, -0.2) is 44.6 Å². The number of ether oxygens (including phenoxy) is 1. The van der Waals surface area contributed by atoms with E-state index >= 15 is 0 Å². The average Bonchev–Trinajstić information content (AvgIpc) is 3.07. The van der Waals surface area contributed by atoms with Crippen LogP contribution in [0.5, 0.6) is 0 Å². The van der Waals surface area contributed by atoms with Gasteiger partial charge in [-0.05, 0) is 38.8 Å². The number of esters is 1. The highest BCUT2D eigenvalue weighted by Gasteiger charge is 2.52. The monoisotopic (exact) mass is 342 g/mol. The van der Waals surface area contributed by atoms with E-state index in [9.17, 15) is 14.7 Å². The molecular formula is C19H22N2O4. The maximum Gasteiger partial charge on any atom is 0.369 e. The number of benzene rings is 1. The van der Waals surface area contributed by atoms with Gasteiger partial charge in [0.15, 0.2) is 0 Å². The first kappa shape index (κ1) is 17.2. The summed E-state index contributed by atoms with van der Waals surface area (Å²) in [7, 11) is 0. The van der Waals surface area contributed by atoms with Crippen molar-refractivity contribution in [2.24, 2.45) is 0 Å². The maximum absolute atomic E-state index is 12.4. The fourth-order valence-corrected chi connectivity index (χ4v) is 2.91. The molecule has 2 aromatic rings. The van der Waals surface area contributed by atoms with E-state index in [1.54, 1.807) is 20.8 Å². The number of aromatic nitrogens is 1. The quantitative estimate of drug-likeness (QED) is 0.657. The van der Waals surface area contributed by atoms with Gasteiger partial charge in [-0.25, -0.2) is 4.79 Å². The number of H-pyrrole nitrogens is 1. The van der Waals surface area contributed by atoms with Crippen molar-refractivity contribution in [1.82, 2.24) is 9.88 Å². The molecule has 1 aromatic carbocycles. The molecule has 25 heavy (non-hydrogen) atoms. The largest absolute Gasteiger partial charge is 0.456 e. The van der Waals surface area contributed by atoms with Crippen molar-refractivity contribution < 1.29 is 19.4 Å². The Kier molecular flexibility index (Phi) is 4.16. The minimum absolute atomic E-state index is 0.305. The zero-order valence-electron chi connectivity index (χ0n) is 14.6. The molecular weight excluding hydrogens is 320 g/mol. The van der Waals surface area contributed by atoms with Gasteiger partial charge < -0.3 is 19.7 Å². The minimum atomic E-state index is -2.29. The number of nitrogens with one attached hydrogen (secondary N) is 1. The van der Waals surface area contributed by atoms with Crippen LogP contribution in [0.1, 0.15) is 26.3 Å². The molecule has 6 heteroatoms. The highest BCUT2D eigenvalue weighted by atomic mass is 16.6. The third-order valence-corrected chi connectivity index (χ3v) is 4.15. The fourth-order valence-electron chi connectivity index (χ4n) is 2.91. The number of ketones is 1. The molecule has 0 saturated carbocycles. The van der Waals surface area contributed by atoms with Crippen LogP contribution < -0.4 is 0 Å². The predicted octanol–water partition coefficient (Wildman–Crippen LogP) is 2.14.